The lowest BCUT2D eigenvalue weighted by atomic mass is 9.76. The van der Waals surface area contributed by atoms with E-state index in [9.17, 15) is 0 Å². The number of fused-ring (bicyclic) bond motifs is 6. The Bertz CT molecular complexity index is 2600. The summed E-state index contributed by atoms with van der Waals surface area (Å²) in [5, 5.41) is 3.68. The van der Waals surface area contributed by atoms with Gasteiger partial charge in [0.1, 0.15) is 7.05 Å². The van der Waals surface area contributed by atoms with Gasteiger partial charge in [0, 0.05) is 40.1 Å². The molecule has 0 bridgehead atoms. The monoisotopic (exact) mass is 816 g/mol. The lowest BCUT2D eigenvalue weighted by Crippen LogP contribution is -2.53. The Morgan fingerprint density at radius 1 is 0.883 bits per heavy atom. The molecule has 1 aliphatic heterocycles. The van der Waals surface area contributed by atoms with Gasteiger partial charge in [0.05, 0.1) is 30.8 Å². The van der Waals surface area contributed by atoms with Gasteiger partial charge in [-0.3, -0.25) is 0 Å². The Kier molecular flexibility index (Phi) is 12.2. The number of aryl methyl sites for hydroxylation is 1. The number of benzene rings is 3. The number of pyridine rings is 2. The van der Waals surface area contributed by atoms with E-state index in [1.807, 2.05) is 12.1 Å². The van der Waals surface area contributed by atoms with Gasteiger partial charge in [-0.1, -0.05) is 136 Å². The first-order valence-electron chi connectivity index (χ1n) is 22.4. The van der Waals surface area contributed by atoms with Crippen molar-refractivity contribution in [2.24, 2.45) is 11.8 Å². The first-order valence-corrected chi connectivity index (χ1v) is 25.9. The highest BCUT2D eigenvalue weighted by Gasteiger charge is 2.41. The second-order valence-electron chi connectivity index (χ2n) is 20.4. The Morgan fingerprint density at radius 3 is 2.23 bits per heavy atom. The first-order chi connectivity index (χ1) is 28.4. The van der Waals surface area contributed by atoms with Gasteiger partial charge < -0.3 is 4.42 Å². The molecule has 0 saturated heterocycles. The highest BCUT2D eigenvalue weighted by atomic mass is 28.3. The zero-order chi connectivity index (χ0) is 43.3. The van der Waals surface area contributed by atoms with E-state index in [1.54, 1.807) is 5.19 Å². The quantitative estimate of drug-likeness (QED) is 0.0503. The molecule has 0 fully saturated rings. The van der Waals surface area contributed by atoms with E-state index in [-0.39, 0.29) is 17.4 Å². The standard InChI is InChI=1S/C55H69N3OSi/c1-15-48-43(42-27-24-41(55(8,9)10)33-46(42)50-32-40(31-36(5)6)51(34-58(48)50)60(12,13)14)25-22-39-23-26-44-45-28-29-47(38-20-18-17-19-21-38)56-54(45)59-53(44)52(39)49(16-2)57(11)37(7)30-35(3)4/h15-21,23-24,26-29,32-37,43,48H,1-2,22,25,30-31H2,3-14H3/q+2/t37-,43?,48?/m1/s1. The fourth-order valence-corrected chi connectivity index (χ4v) is 11.4. The van der Waals surface area contributed by atoms with E-state index < -0.39 is 8.07 Å². The number of furan rings is 1. The Labute approximate surface area is 361 Å². The number of aromatic nitrogens is 2. The topological polar surface area (TPSA) is 32.9 Å². The van der Waals surface area contributed by atoms with Gasteiger partial charge in [0.15, 0.2) is 23.9 Å². The van der Waals surface area contributed by atoms with Crippen LogP contribution < -0.4 is 9.75 Å². The van der Waals surface area contributed by atoms with E-state index in [2.05, 4.69) is 189 Å². The molecular formula is C55H69N3OSi+2. The van der Waals surface area contributed by atoms with Crippen molar-refractivity contribution < 1.29 is 13.6 Å². The summed E-state index contributed by atoms with van der Waals surface area (Å²) < 4.78 is 11.9. The maximum absolute atomic E-state index is 6.92. The summed E-state index contributed by atoms with van der Waals surface area (Å²) in [4.78, 5) is 5.09. The SMILES string of the molecule is C=CC(c1c(CCC2c3ccc(C(C)(C)C)cc3-c3cc(CC(C)C)c([Si](C)(C)C)c[n+]3C2C=C)ccc2c1oc1nc(-c3ccccc3)ccc12)=[N+](C)[C@H](C)CC(C)C. The van der Waals surface area contributed by atoms with Gasteiger partial charge in [0.2, 0.25) is 17.1 Å². The minimum Gasteiger partial charge on any atom is -0.437 e. The highest BCUT2D eigenvalue weighted by Crippen LogP contribution is 2.44. The third-order valence-corrected chi connectivity index (χ3v) is 15.0. The van der Waals surface area contributed by atoms with Crippen molar-refractivity contribution in [3.05, 3.63) is 138 Å². The smallest absolute Gasteiger partial charge is 0.227 e. The van der Waals surface area contributed by atoms with Gasteiger partial charge in [-0.15, -0.1) is 0 Å². The molecule has 3 aromatic carbocycles. The van der Waals surface area contributed by atoms with Crippen LogP contribution in [0.25, 0.3) is 44.6 Å². The van der Waals surface area contributed by atoms with Crippen molar-refractivity contribution in [2.75, 3.05) is 7.05 Å². The lowest BCUT2D eigenvalue weighted by Gasteiger charge is -2.32. The fraction of sp³-hybridized carbons (Fsp3) is 0.400. The molecule has 0 N–H and O–H groups in total. The summed E-state index contributed by atoms with van der Waals surface area (Å²) in [6, 6.07) is 29.6. The molecule has 4 heterocycles. The largest absolute Gasteiger partial charge is 0.437 e. The summed E-state index contributed by atoms with van der Waals surface area (Å²) in [5.74, 6) is 1.38. The summed E-state index contributed by atoms with van der Waals surface area (Å²) in [6.07, 6.45) is 10.8. The molecule has 2 unspecified atom stereocenters. The van der Waals surface area contributed by atoms with E-state index in [0.717, 1.165) is 64.6 Å². The average Bonchev–Trinajstić information content (AvgIpc) is 3.57. The van der Waals surface area contributed by atoms with Crippen LogP contribution in [0.5, 0.6) is 0 Å². The first kappa shape index (κ1) is 43.2. The van der Waals surface area contributed by atoms with Crippen molar-refractivity contribution in [2.45, 2.75) is 124 Å². The third-order valence-electron chi connectivity index (χ3n) is 12.9. The molecular weight excluding hydrogens is 747 g/mol. The van der Waals surface area contributed by atoms with Crippen molar-refractivity contribution in [3.63, 3.8) is 0 Å². The summed E-state index contributed by atoms with van der Waals surface area (Å²) in [6.45, 7) is 35.1. The summed E-state index contributed by atoms with van der Waals surface area (Å²) >= 11 is 0. The van der Waals surface area contributed by atoms with E-state index in [0.29, 0.717) is 23.6 Å². The van der Waals surface area contributed by atoms with Gasteiger partial charge in [0.25, 0.3) is 0 Å². The maximum atomic E-state index is 6.92. The third kappa shape index (κ3) is 8.40. The summed E-state index contributed by atoms with van der Waals surface area (Å²) in [7, 11) is 0.541. The molecule has 6 aromatic rings. The number of hydrogen-bond donors (Lipinski definition) is 0. The van der Waals surface area contributed by atoms with Crippen LogP contribution in [-0.2, 0) is 18.3 Å². The molecule has 312 valence electrons. The number of nitrogens with zero attached hydrogens (tertiary/aromatic N) is 3. The van der Waals surface area contributed by atoms with E-state index >= 15 is 0 Å². The molecule has 0 saturated carbocycles. The highest BCUT2D eigenvalue weighted by molar-refractivity contribution is 6.89. The predicted molar refractivity (Wildman–Crippen MR) is 259 cm³/mol. The van der Waals surface area contributed by atoms with Crippen LogP contribution >= 0.6 is 0 Å². The van der Waals surface area contributed by atoms with Crippen LogP contribution in [0.2, 0.25) is 19.6 Å². The number of allylic oxidation sites excluding steroid dienone is 2. The van der Waals surface area contributed by atoms with Crippen molar-refractivity contribution in [1.29, 1.82) is 0 Å². The zero-order valence-corrected chi connectivity index (χ0v) is 39.6. The normalized spacial score (nSPS) is 16.6. The van der Waals surface area contributed by atoms with Crippen LogP contribution in [0.1, 0.15) is 108 Å². The van der Waals surface area contributed by atoms with E-state index in [4.69, 9.17) is 9.40 Å². The van der Waals surface area contributed by atoms with Crippen molar-refractivity contribution in [1.82, 2.24) is 4.98 Å². The van der Waals surface area contributed by atoms with Crippen LogP contribution in [0.3, 0.4) is 0 Å². The Hall–Kier alpha value is -4.87. The Balaban J connectivity index is 1.41. The maximum Gasteiger partial charge on any atom is 0.227 e. The average molecular weight is 816 g/mol. The van der Waals surface area contributed by atoms with Crippen LogP contribution in [0, 0.1) is 11.8 Å². The molecule has 0 spiro atoms. The van der Waals surface area contributed by atoms with Crippen LogP contribution in [-0.4, -0.2) is 36.4 Å². The fourth-order valence-electron chi connectivity index (χ4n) is 9.74. The van der Waals surface area contributed by atoms with Gasteiger partial charge >= 0.3 is 0 Å². The van der Waals surface area contributed by atoms with Crippen LogP contribution in [0.4, 0.5) is 0 Å². The second kappa shape index (κ2) is 16.9. The molecule has 7 rings (SSSR count). The van der Waals surface area contributed by atoms with E-state index in [1.165, 1.54) is 33.5 Å². The molecule has 1 aliphatic rings. The minimum absolute atomic E-state index is 0.0347. The van der Waals surface area contributed by atoms with Crippen LogP contribution in [0.15, 0.2) is 115 Å². The molecule has 5 heteroatoms. The number of rotatable bonds is 13. The van der Waals surface area contributed by atoms with Crippen molar-refractivity contribution >= 4 is 41.0 Å². The molecule has 0 amide bonds. The molecule has 3 atom stereocenters. The molecule has 3 aromatic heterocycles. The zero-order valence-electron chi connectivity index (χ0n) is 38.6. The van der Waals surface area contributed by atoms with Crippen molar-refractivity contribution in [3.8, 4) is 22.5 Å². The molecule has 4 nitrogen and oxygen atoms in total. The van der Waals surface area contributed by atoms with Gasteiger partial charge in [-0.2, -0.15) is 4.57 Å². The molecule has 0 aliphatic carbocycles. The Morgan fingerprint density at radius 2 is 1.60 bits per heavy atom. The summed E-state index contributed by atoms with van der Waals surface area (Å²) in [5.41, 5.74) is 14.1. The number of hydrogen-bond acceptors (Lipinski definition) is 2. The molecule has 60 heavy (non-hydrogen) atoms. The van der Waals surface area contributed by atoms with Gasteiger partial charge in [-0.05, 0) is 90.0 Å². The lowest BCUT2D eigenvalue weighted by molar-refractivity contribution is -0.706. The predicted octanol–water partition coefficient (Wildman–Crippen LogP) is 13.2. The van der Waals surface area contributed by atoms with Gasteiger partial charge in [-0.25, -0.2) is 9.56 Å². The second-order valence-corrected chi connectivity index (χ2v) is 25.5. The molecule has 0 radical (unpaired) electrons. The minimum atomic E-state index is -1.68.